The highest BCUT2D eigenvalue weighted by molar-refractivity contribution is 7.91. The van der Waals surface area contributed by atoms with Crippen molar-refractivity contribution >= 4 is 38.6 Å². The van der Waals surface area contributed by atoms with E-state index in [1.807, 2.05) is 0 Å². The zero-order valence-corrected chi connectivity index (χ0v) is 13.3. The molecule has 8 heteroatoms. The SMILES string of the molecule is NC(=S)c1ccc(S(=O)(=O)NCCc2cccc(F)c2)s1. The van der Waals surface area contributed by atoms with Crippen molar-refractivity contribution in [3.05, 3.63) is 52.7 Å². The van der Waals surface area contributed by atoms with Crippen molar-refractivity contribution in [3.63, 3.8) is 0 Å². The molecule has 112 valence electrons. The monoisotopic (exact) mass is 344 g/mol. The number of rotatable bonds is 6. The van der Waals surface area contributed by atoms with E-state index < -0.39 is 10.0 Å². The average Bonchev–Trinajstić information content (AvgIpc) is 2.89. The summed E-state index contributed by atoms with van der Waals surface area (Å²) < 4.78 is 39.8. The van der Waals surface area contributed by atoms with Gasteiger partial charge < -0.3 is 5.73 Å². The molecule has 0 spiro atoms. The second-order valence-electron chi connectivity index (χ2n) is 4.26. The largest absolute Gasteiger partial charge is 0.389 e. The highest BCUT2D eigenvalue weighted by Crippen LogP contribution is 2.21. The molecule has 21 heavy (non-hydrogen) atoms. The highest BCUT2D eigenvalue weighted by Gasteiger charge is 2.16. The van der Waals surface area contributed by atoms with Crippen LogP contribution < -0.4 is 10.5 Å². The Morgan fingerprint density at radius 2 is 2.10 bits per heavy atom. The molecule has 2 aromatic rings. The van der Waals surface area contributed by atoms with Crippen LogP contribution in [-0.2, 0) is 16.4 Å². The quantitative estimate of drug-likeness (QED) is 0.787. The minimum absolute atomic E-state index is 0.157. The van der Waals surface area contributed by atoms with Crippen molar-refractivity contribution in [1.82, 2.24) is 4.72 Å². The molecule has 0 amide bonds. The Bertz CT molecular complexity index is 756. The van der Waals surface area contributed by atoms with Crippen molar-refractivity contribution < 1.29 is 12.8 Å². The summed E-state index contributed by atoms with van der Waals surface area (Å²) in [5.41, 5.74) is 6.18. The molecular weight excluding hydrogens is 331 g/mol. The van der Waals surface area contributed by atoms with E-state index in [2.05, 4.69) is 4.72 Å². The Morgan fingerprint density at radius 1 is 1.33 bits per heavy atom. The van der Waals surface area contributed by atoms with Crippen LogP contribution in [-0.4, -0.2) is 20.0 Å². The zero-order valence-electron chi connectivity index (χ0n) is 10.9. The van der Waals surface area contributed by atoms with Gasteiger partial charge in [0.15, 0.2) is 0 Å². The van der Waals surface area contributed by atoms with Gasteiger partial charge in [-0.05, 0) is 36.2 Å². The van der Waals surface area contributed by atoms with Crippen LogP contribution in [0.1, 0.15) is 10.4 Å². The number of hydrogen-bond acceptors (Lipinski definition) is 4. The maximum absolute atomic E-state index is 13.0. The second-order valence-corrected chi connectivity index (χ2v) is 7.78. The molecule has 3 N–H and O–H groups in total. The van der Waals surface area contributed by atoms with Crippen molar-refractivity contribution in [2.45, 2.75) is 10.6 Å². The van der Waals surface area contributed by atoms with Crippen LogP contribution in [0.5, 0.6) is 0 Å². The normalized spacial score (nSPS) is 11.5. The fourth-order valence-electron chi connectivity index (χ4n) is 1.69. The van der Waals surface area contributed by atoms with Gasteiger partial charge in [0, 0.05) is 6.54 Å². The van der Waals surface area contributed by atoms with Gasteiger partial charge in [0.1, 0.15) is 15.0 Å². The van der Waals surface area contributed by atoms with Gasteiger partial charge >= 0.3 is 0 Å². The molecule has 0 aliphatic carbocycles. The van der Waals surface area contributed by atoms with Crippen LogP contribution in [0.25, 0.3) is 0 Å². The number of benzene rings is 1. The summed E-state index contributed by atoms with van der Waals surface area (Å²) in [6, 6.07) is 9.10. The number of nitrogens with two attached hydrogens (primary N) is 1. The summed E-state index contributed by atoms with van der Waals surface area (Å²) in [7, 11) is -3.59. The smallest absolute Gasteiger partial charge is 0.250 e. The van der Waals surface area contributed by atoms with Crippen LogP contribution in [0.15, 0.2) is 40.6 Å². The van der Waals surface area contributed by atoms with Crippen molar-refractivity contribution in [2.75, 3.05) is 6.54 Å². The number of thiophene rings is 1. The number of sulfonamides is 1. The molecule has 1 aromatic carbocycles. The Balaban J connectivity index is 1.99. The fourth-order valence-corrected chi connectivity index (χ4v) is 4.12. The Morgan fingerprint density at radius 3 is 2.71 bits per heavy atom. The third kappa shape index (κ3) is 4.31. The first kappa shape index (κ1) is 16.0. The summed E-state index contributed by atoms with van der Waals surface area (Å²) in [6.45, 7) is 0.187. The van der Waals surface area contributed by atoms with E-state index in [-0.39, 0.29) is 21.6 Å². The minimum atomic E-state index is -3.59. The molecule has 0 radical (unpaired) electrons. The first-order valence-electron chi connectivity index (χ1n) is 6.02. The van der Waals surface area contributed by atoms with Gasteiger partial charge in [0.2, 0.25) is 10.0 Å². The number of halogens is 1. The number of thiocarbonyl (C=S) groups is 1. The minimum Gasteiger partial charge on any atom is -0.389 e. The Labute approximate surface area is 131 Å². The predicted octanol–water partition coefficient (Wildman–Crippen LogP) is 2.04. The lowest BCUT2D eigenvalue weighted by molar-refractivity contribution is 0.583. The van der Waals surface area contributed by atoms with E-state index in [4.69, 9.17) is 18.0 Å². The molecule has 0 aliphatic rings. The molecule has 0 saturated heterocycles. The summed E-state index contributed by atoms with van der Waals surface area (Å²) in [5.74, 6) is -0.338. The van der Waals surface area contributed by atoms with E-state index >= 15 is 0 Å². The Kier molecular flexibility index (Phi) is 5.04. The predicted molar refractivity (Wildman–Crippen MR) is 85.5 cm³/mol. The molecule has 0 unspecified atom stereocenters. The molecule has 1 aromatic heterocycles. The third-order valence-corrected chi connectivity index (χ3v) is 6.10. The van der Waals surface area contributed by atoms with Gasteiger partial charge in [0.05, 0.1) is 4.88 Å². The average molecular weight is 344 g/mol. The fraction of sp³-hybridized carbons (Fsp3) is 0.154. The van der Waals surface area contributed by atoms with Gasteiger partial charge in [0.25, 0.3) is 0 Å². The molecule has 2 rings (SSSR count). The lowest BCUT2D eigenvalue weighted by Gasteiger charge is -2.05. The maximum atomic E-state index is 13.0. The van der Waals surface area contributed by atoms with Gasteiger partial charge in [-0.2, -0.15) is 0 Å². The summed E-state index contributed by atoms with van der Waals surface area (Å²) in [4.78, 5) is 0.719. The van der Waals surface area contributed by atoms with Crippen molar-refractivity contribution in [1.29, 1.82) is 0 Å². The second kappa shape index (κ2) is 6.61. The van der Waals surface area contributed by atoms with Gasteiger partial charge in [-0.3, -0.25) is 0 Å². The summed E-state index contributed by atoms with van der Waals surface area (Å²) in [6.07, 6.45) is 0.407. The summed E-state index contributed by atoms with van der Waals surface area (Å²) in [5, 5.41) is 0. The summed E-state index contributed by atoms with van der Waals surface area (Å²) >= 11 is 5.82. The van der Waals surface area contributed by atoms with E-state index in [0.717, 1.165) is 16.9 Å². The topological polar surface area (TPSA) is 72.2 Å². The maximum Gasteiger partial charge on any atom is 0.250 e. The Hall–Kier alpha value is -1.35. The van der Waals surface area contributed by atoms with Gasteiger partial charge in [-0.25, -0.2) is 17.5 Å². The molecular formula is C13H13FN2O2S3. The highest BCUT2D eigenvalue weighted by atomic mass is 32.2. The van der Waals surface area contributed by atoms with E-state index in [1.165, 1.54) is 18.2 Å². The van der Waals surface area contributed by atoms with Crippen LogP contribution in [0.4, 0.5) is 4.39 Å². The van der Waals surface area contributed by atoms with Crippen LogP contribution in [0.3, 0.4) is 0 Å². The lowest BCUT2D eigenvalue weighted by Crippen LogP contribution is -2.25. The zero-order chi connectivity index (χ0) is 15.5. The van der Waals surface area contributed by atoms with Gasteiger partial charge in [-0.15, -0.1) is 11.3 Å². The molecule has 0 atom stereocenters. The number of hydrogen-bond donors (Lipinski definition) is 2. The van der Waals surface area contributed by atoms with Crippen LogP contribution in [0.2, 0.25) is 0 Å². The third-order valence-electron chi connectivity index (χ3n) is 2.68. The standard InChI is InChI=1S/C13H13FN2O2S3/c14-10-3-1-2-9(8-10)6-7-16-21(17,18)12-5-4-11(20-12)13(15)19/h1-5,8,16H,6-7H2,(H2,15,19). The molecule has 0 bridgehead atoms. The van der Waals surface area contributed by atoms with Crippen LogP contribution in [0, 0.1) is 5.82 Å². The molecule has 0 aliphatic heterocycles. The van der Waals surface area contributed by atoms with E-state index in [1.54, 1.807) is 18.2 Å². The molecule has 4 nitrogen and oxygen atoms in total. The van der Waals surface area contributed by atoms with E-state index in [9.17, 15) is 12.8 Å². The molecule has 0 fully saturated rings. The lowest BCUT2D eigenvalue weighted by atomic mass is 10.1. The molecule has 1 heterocycles. The van der Waals surface area contributed by atoms with Crippen molar-refractivity contribution in [2.24, 2.45) is 5.73 Å². The first-order valence-corrected chi connectivity index (χ1v) is 8.73. The first-order chi connectivity index (χ1) is 9.88. The van der Waals surface area contributed by atoms with Crippen LogP contribution >= 0.6 is 23.6 Å². The van der Waals surface area contributed by atoms with Gasteiger partial charge in [-0.1, -0.05) is 24.4 Å². The molecule has 0 saturated carbocycles. The number of nitrogens with one attached hydrogen (secondary N) is 1. The van der Waals surface area contributed by atoms with Crippen molar-refractivity contribution in [3.8, 4) is 0 Å². The van der Waals surface area contributed by atoms with E-state index in [0.29, 0.717) is 11.3 Å².